The van der Waals surface area contributed by atoms with Crippen LogP contribution in [0.4, 0.5) is 0 Å². The molecule has 0 atom stereocenters. The first kappa shape index (κ1) is 28.9. The van der Waals surface area contributed by atoms with Crippen LogP contribution in [0.5, 0.6) is 5.75 Å². The van der Waals surface area contributed by atoms with Crippen molar-refractivity contribution in [3.63, 3.8) is 0 Å². The molecule has 1 aromatic rings. The highest BCUT2D eigenvalue weighted by atomic mass is 16.5. The molecule has 1 aromatic heterocycles. The van der Waals surface area contributed by atoms with Gasteiger partial charge in [-0.05, 0) is 18.6 Å². The summed E-state index contributed by atoms with van der Waals surface area (Å²) in [6.45, 7) is 2.50. The molecular formula is C27H46N2O4. The molecule has 0 bridgehead atoms. The van der Waals surface area contributed by atoms with E-state index < -0.39 is 11.9 Å². The topological polar surface area (TPSA) is 77.5 Å². The molecule has 0 saturated carbocycles. The van der Waals surface area contributed by atoms with Crippen LogP contribution in [-0.2, 0) is 9.53 Å². The van der Waals surface area contributed by atoms with Gasteiger partial charge in [0.1, 0.15) is 12.3 Å². The summed E-state index contributed by atoms with van der Waals surface area (Å²) in [5, 5.41) is 2.52. The monoisotopic (exact) mass is 462 g/mol. The van der Waals surface area contributed by atoms with Crippen molar-refractivity contribution in [3.8, 4) is 5.75 Å². The number of carbonyl (C=O) groups excluding carboxylic acids is 2. The van der Waals surface area contributed by atoms with Crippen LogP contribution in [0, 0.1) is 0 Å². The number of ether oxygens (including phenoxy) is 2. The van der Waals surface area contributed by atoms with Crippen molar-refractivity contribution in [2.45, 2.75) is 110 Å². The molecule has 1 amide bonds. The van der Waals surface area contributed by atoms with Gasteiger partial charge in [-0.25, -0.2) is 4.98 Å². The Kier molecular flexibility index (Phi) is 18.0. The predicted molar refractivity (Wildman–Crippen MR) is 134 cm³/mol. The average Bonchev–Trinajstić information content (AvgIpc) is 2.84. The number of esters is 1. The Labute approximate surface area is 201 Å². The summed E-state index contributed by atoms with van der Waals surface area (Å²) < 4.78 is 10.3. The summed E-state index contributed by atoms with van der Waals surface area (Å²) in [5.74, 6) is -0.512. The van der Waals surface area contributed by atoms with Gasteiger partial charge in [0.2, 0.25) is 0 Å². The zero-order valence-corrected chi connectivity index (χ0v) is 21.0. The lowest BCUT2D eigenvalue weighted by atomic mass is 10.0. The lowest BCUT2D eigenvalue weighted by Crippen LogP contribution is -2.31. The first-order chi connectivity index (χ1) is 16.2. The van der Waals surface area contributed by atoms with Crippen molar-refractivity contribution in [1.82, 2.24) is 10.3 Å². The van der Waals surface area contributed by atoms with Gasteiger partial charge in [-0.2, -0.15) is 0 Å². The summed E-state index contributed by atoms with van der Waals surface area (Å²) in [6.07, 6.45) is 22.5. The van der Waals surface area contributed by atoms with Gasteiger partial charge < -0.3 is 14.8 Å². The second-order valence-electron chi connectivity index (χ2n) is 8.76. The number of unbranched alkanes of at least 4 members (excludes halogenated alkanes) is 15. The lowest BCUT2D eigenvalue weighted by molar-refractivity contribution is -0.142. The van der Waals surface area contributed by atoms with Crippen LogP contribution in [0.25, 0.3) is 0 Å². The minimum absolute atomic E-state index is 0.158. The zero-order chi connectivity index (χ0) is 24.0. The van der Waals surface area contributed by atoms with Gasteiger partial charge >= 0.3 is 5.97 Å². The van der Waals surface area contributed by atoms with Crippen LogP contribution in [-0.4, -0.2) is 37.1 Å². The van der Waals surface area contributed by atoms with Crippen LogP contribution in [0.3, 0.4) is 0 Å². The molecule has 0 aliphatic heterocycles. The number of hydrogen-bond acceptors (Lipinski definition) is 5. The van der Waals surface area contributed by atoms with Gasteiger partial charge in [-0.3, -0.25) is 9.59 Å². The van der Waals surface area contributed by atoms with Crippen molar-refractivity contribution in [3.05, 3.63) is 24.0 Å². The van der Waals surface area contributed by atoms with Crippen LogP contribution < -0.4 is 10.1 Å². The fourth-order valence-electron chi connectivity index (χ4n) is 3.85. The smallest absolute Gasteiger partial charge is 0.325 e. The van der Waals surface area contributed by atoms with Crippen molar-refractivity contribution in [2.24, 2.45) is 0 Å². The fourth-order valence-corrected chi connectivity index (χ4v) is 3.85. The third-order valence-corrected chi connectivity index (χ3v) is 5.86. The van der Waals surface area contributed by atoms with Gasteiger partial charge in [0, 0.05) is 6.20 Å². The van der Waals surface area contributed by atoms with Gasteiger partial charge in [-0.15, -0.1) is 0 Å². The van der Waals surface area contributed by atoms with E-state index in [4.69, 9.17) is 9.47 Å². The highest BCUT2D eigenvalue weighted by molar-refractivity contribution is 5.96. The standard InChI is InChI=1S/C27H46N2O4/c1-3-4-5-6-7-8-9-10-11-12-13-14-15-16-17-18-22-33-25(30)23-29-27(31)26-24(32-2)20-19-21-28-26/h19-21H,3-18,22-23H2,1-2H3,(H,29,31). The Morgan fingerprint density at radius 2 is 1.33 bits per heavy atom. The Morgan fingerprint density at radius 1 is 0.818 bits per heavy atom. The van der Waals surface area contributed by atoms with E-state index in [2.05, 4.69) is 17.2 Å². The molecular weight excluding hydrogens is 416 g/mol. The molecule has 0 aliphatic rings. The summed E-state index contributed by atoms with van der Waals surface area (Å²) in [5.41, 5.74) is 0.158. The number of rotatable bonds is 21. The van der Waals surface area contributed by atoms with Crippen LogP contribution in [0.2, 0.25) is 0 Å². The summed E-state index contributed by atoms with van der Waals surface area (Å²) in [4.78, 5) is 27.9. The van der Waals surface area contributed by atoms with E-state index in [0.717, 1.165) is 12.8 Å². The van der Waals surface area contributed by atoms with E-state index in [-0.39, 0.29) is 12.2 Å². The van der Waals surface area contributed by atoms with Gasteiger partial charge in [0.05, 0.1) is 13.7 Å². The molecule has 33 heavy (non-hydrogen) atoms. The van der Waals surface area contributed by atoms with Crippen molar-refractivity contribution in [1.29, 1.82) is 0 Å². The molecule has 0 spiro atoms. The Hall–Kier alpha value is -2.11. The zero-order valence-electron chi connectivity index (χ0n) is 21.0. The molecule has 0 fully saturated rings. The second kappa shape index (κ2) is 20.5. The highest BCUT2D eigenvalue weighted by Gasteiger charge is 2.14. The molecule has 0 saturated heterocycles. The van der Waals surface area contributed by atoms with Gasteiger partial charge in [0.25, 0.3) is 5.91 Å². The fraction of sp³-hybridized carbons (Fsp3) is 0.741. The maximum Gasteiger partial charge on any atom is 0.325 e. The second-order valence-corrected chi connectivity index (χ2v) is 8.76. The Balaban J connectivity index is 1.87. The van der Waals surface area contributed by atoms with Gasteiger partial charge in [0.15, 0.2) is 5.69 Å². The molecule has 6 nitrogen and oxygen atoms in total. The number of aromatic nitrogens is 1. The summed E-state index contributed by atoms with van der Waals surface area (Å²) in [6, 6.07) is 3.33. The predicted octanol–water partition coefficient (Wildman–Crippen LogP) is 6.62. The molecule has 1 heterocycles. The van der Waals surface area contributed by atoms with Crippen LogP contribution in [0.15, 0.2) is 18.3 Å². The number of amides is 1. The number of carbonyl (C=O) groups is 2. The normalized spacial score (nSPS) is 10.7. The van der Waals surface area contributed by atoms with Crippen LogP contribution in [0.1, 0.15) is 120 Å². The quantitative estimate of drug-likeness (QED) is 0.164. The van der Waals surface area contributed by atoms with Crippen molar-refractivity contribution >= 4 is 11.9 Å². The maximum atomic E-state index is 12.1. The third kappa shape index (κ3) is 15.4. The first-order valence-corrected chi connectivity index (χ1v) is 13.1. The molecule has 188 valence electrons. The summed E-state index contributed by atoms with van der Waals surface area (Å²) >= 11 is 0. The van der Waals surface area contributed by atoms with E-state index in [9.17, 15) is 9.59 Å². The number of nitrogens with zero attached hydrogens (tertiary/aromatic N) is 1. The lowest BCUT2D eigenvalue weighted by Gasteiger charge is -2.08. The number of pyridine rings is 1. The van der Waals surface area contributed by atoms with E-state index in [1.54, 1.807) is 12.1 Å². The molecule has 0 radical (unpaired) electrons. The Bertz CT molecular complexity index is 636. The number of hydrogen-bond donors (Lipinski definition) is 1. The minimum Gasteiger partial charge on any atom is -0.494 e. The van der Waals surface area contributed by atoms with E-state index in [1.807, 2.05) is 0 Å². The largest absolute Gasteiger partial charge is 0.494 e. The Morgan fingerprint density at radius 3 is 1.85 bits per heavy atom. The molecule has 0 unspecified atom stereocenters. The SMILES string of the molecule is CCCCCCCCCCCCCCCCCCOC(=O)CNC(=O)c1ncccc1OC. The molecule has 6 heteroatoms. The van der Waals surface area contributed by atoms with E-state index in [0.29, 0.717) is 12.4 Å². The molecule has 1 N–H and O–H groups in total. The average molecular weight is 463 g/mol. The molecule has 1 rings (SSSR count). The number of methoxy groups -OCH3 is 1. The van der Waals surface area contributed by atoms with Crippen molar-refractivity contribution < 1.29 is 19.1 Å². The highest BCUT2D eigenvalue weighted by Crippen LogP contribution is 2.15. The van der Waals surface area contributed by atoms with E-state index >= 15 is 0 Å². The number of nitrogens with one attached hydrogen (secondary N) is 1. The molecule has 0 aromatic carbocycles. The van der Waals surface area contributed by atoms with Crippen molar-refractivity contribution in [2.75, 3.05) is 20.3 Å². The van der Waals surface area contributed by atoms with E-state index in [1.165, 1.54) is 103 Å². The summed E-state index contributed by atoms with van der Waals surface area (Å²) in [7, 11) is 1.47. The minimum atomic E-state index is -0.452. The van der Waals surface area contributed by atoms with Gasteiger partial charge in [-0.1, -0.05) is 103 Å². The first-order valence-electron chi connectivity index (χ1n) is 13.1. The van der Waals surface area contributed by atoms with Crippen LogP contribution >= 0.6 is 0 Å². The molecule has 0 aliphatic carbocycles. The third-order valence-electron chi connectivity index (χ3n) is 5.86. The maximum absolute atomic E-state index is 12.1.